The molecule has 19 heteroatoms. The molecule has 0 radical (unpaired) electrons. The summed E-state index contributed by atoms with van der Waals surface area (Å²) < 4.78 is 68.5. The molecule has 0 fully saturated rings. The Balaban J connectivity index is 5.41. The van der Waals surface area contributed by atoms with Crippen molar-refractivity contribution in [3.05, 3.63) is 85.1 Å². The zero-order valence-electron chi connectivity index (χ0n) is 63.4. The first kappa shape index (κ1) is 96.2. The van der Waals surface area contributed by atoms with Gasteiger partial charge < -0.3 is 33.8 Å². The van der Waals surface area contributed by atoms with Crippen molar-refractivity contribution in [3.63, 3.8) is 0 Å². The van der Waals surface area contributed by atoms with E-state index in [0.717, 1.165) is 128 Å². The molecule has 0 aromatic carbocycles. The number of unbranched alkanes of at least 4 members (excludes halogenated alkanes) is 35. The van der Waals surface area contributed by atoms with Gasteiger partial charge in [-0.25, -0.2) is 9.13 Å². The predicted octanol–water partition coefficient (Wildman–Crippen LogP) is 23.0. The summed E-state index contributed by atoms with van der Waals surface area (Å²) in [4.78, 5) is 72.9. The summed E-state index contributed by atoms with van der Waals surface area (Å²) in [6.45, 7) is 4.77. The Morgan fingerprint density at radius 3 is 0.820 bits per heavy atom. The zero-order valence-corrected chi connectivity index (χ0v) is 65.2. The van der Waals surface area contributed by atoms with Gasteiger partial charge in [-0.15, -0.1) is 0 Å². The van der Waals surface area contributed by atoms with Crippen molar-refractivity contribution in [3.8, 4) is 0 Å². The van der Waals surface area contributed by atoms with Gasteiger partial charge in [0.25, 0.3) is 0 Å². The first-order chi connectivity index (χ1) is 48.7. The van der Waals surface area contributed by atoms with E-state index >= 15 is 0 Å². The van der Waals surface area contributed by atoms with Crippen LogP contribution in [0.4, 0.5) is 0 Å². The summed E-state index contributed by atoms with van der Waals surface area (Å²) in [5.74, 6) is -2.24. The molecule has 5 atom stereocenters. The van der Waals surface area contributed by atoms with Gasteiger partial charge in [0.15, 0.2) is 12.2 Å². The van der Waals surface area contributed by atoms with Gasteiger partial charge in [-0.2, -0.15) is 0 Å². The Labute approximate surface area is 608 Å². The SMILES string of the molecule is CCCCC/C=C\C/C=C\C/C=C\C/C=C\CCCC(=O)O[C@H](COC(=O)CCCCCCC/C=C\CCCCCCCC)COP(=O)(O)OC[C@H](O)COP(=O)(O)OC[C@@H](COC(=O)CCCCCCCCCCCCCCC)OC(=O)CCCCCCC/C=C\C/C=C\CCCCC. The molecule has 0 saturated heterocycles. The average molecular weight is 1450 g/mol. The number of phosphoric ester groups is 2. The highest BCUT2D eigenvalue weighted by Gasteiger charge is 2.30. The molecule has 0 aliphatic rings. The molecule has 580 valence electrons. The van der Waals surface area contributed by atoms with Gasteiger partial charge in [0.05, 0.1) is 26.4 Å². The van der Waals surface area contributed by atoms with E-state index in [4.69, 9.17) is 37.0 Å². The molecule has 0 aromatic rings. The van der Waals surface area contributed by atoms with Gasteiger partial charge in [0, 0.05) is 25.7 Å². The highest BCUT2D eigenvalue weighted by atomic mass is 31.2. The lowest BCUT2D eigenvalue weighted by Crippen LogP contribution is -2.30. The van der Waals surface area contributed by atoms with Crippen LogP contribution in [0, 0.1) is 0 Å². The summed E-state index contributed by atoms with van der Waals surface area (Å²) in [5.41, 5.74) is 0. The Hall–Kier alpha value is -3.76. The lowest BCUT2D eigenvalue weighted by Gasteiger charge is -2.21. The lowest BCUT2D eigenvalue weighted by atomic mass is 10.0. The minimum absolute atomic E-state index is 0.0190. The number of allylic oxidation sites excluding steroid dienone is 14. The van der Waals surface area contributed by atoms with Crippen LogP contribution in [0.2, 0.25) is 0 Å². The van der Waals surface area contributed by atoms with Gasteiger partial charge in [0.2, 0.25) is 0 Å². The van der Waals surface area contributed by atoms with Crippen molar-refractivity contribution in [2.24, 2.45) is 0 Å². The number of esters is 4. The van der Waals surface area contributed by atoms with Crippen LogP contribution in [0.1, 0.15) is 349 Å². The van der Waals surface area contributed by atoms with E-state index in [0.29, 0.717) is 32.1 Å². The predicted molar refractivity (Wildman–Crippen MR) is 409 cm³/mol. The van der Waals surface area contributed by atoms with Crippen molar-refractivity contribution in [1.82, 2.24) is 0 Å². The molecule has 0 aliphatic carbocycles. The maximum absolute atomic E-state index is 13.1. The second-order valence-electron chi connectivity index (χ2n) is 26.7. The quantitative estimate of drug-likeness (QED) is 0.0169. The number of hydrogen-bond donors (Lipinski definition) is 3. The first-order valence-corrected chi connectivity index (χ1v) is 42.8. The number of ether oxygens (including phenoxy) is 4. The average Bonchev–Trinajstić information content (AvgIpc) is 1.22. The van der Waals surface area contributed by atoms with E-state index in [-0.39, 0.29) is 25.7 Å². The van der Waals surface area contributed by atoms with Crippen LogP contribution in [-0.2, 0) is 65.4 Å². The zero-order chi connectivity index (χ0) is 73.2. The van der Waals surface area contributed by atoms with Crippen molar-refractivity contribution in [2.45, 2.75) is 367 Å². The normalized spacial score (nSPS) is 14.3. The van der Waals surface area contributed by atoms with Crippen LogP contribution < -0.4 is 0 Å². The molecular weight excluding hydrogens is 1310 g/mol. The van der Waals surface area contributed by atoms with E-state index in [2.05, 4.69) is 101 Å². The maximum atomic E-state index is 13.1. The molecule has 0 aromatic heterocycles. The van der Waals surface area contributed by atoms with Crippen molar-refractivity contribution in [1.29, 1.82) is 0 Å². The van der Waals surface area contributed by atoms with Gasteiger partial charge in [-0.05, 0) is 122 Å². The molecule has 100 heavy (non-hydrogen) atoms. The van der Waals surface area contributed by atoms with Crippen LogP contribution in [0.5, 0.6) is 0 Å². The standard InChI is InChI=1S/C81H144O17P2/c1-5-9-13-17-21-25-29-33-36-37-40-44-48-52-56-60-64-68-81(86)98-77(72-92-79(84)66-62-58-54-50-46-42-38-34-30-26-22-18-14-10-6-2)74-96-100(89,90)94-70-75(82)69-93-99(87,88)95-73-76(71-91-78(83)65-61-57-53-49-45-41-32-28-24-20-16-12-8-4)97-80(85)67-63-59-55-51-47-43-39-35-31-27-23-19-15-11-7-3/h21,23,25,27,33-36,38-40,44,52,56,75-77,82H,5-20,22,24,26,28-32,37,41-43,45-51,53-55,57-74H2,1-4H3,(H,87,88)(H,89,90)/b25-21-,27-23-,36-33-,38-34-,39-35-,44-40-,56-52-/t75-,76-,77-/m1/s1. The Morgan fingerprint density at radius 2 is 0.500 bits per heavy atom. The van der Waals surface area contributed by atoms with Crippen molar-refractivity contribution < 1.29 is 80.2 Å². The first-order valence-electron chi connectivity index (χ1n) is 39.8. The van der Waals surface area contributed by atoms with E-state index in [1.54, 1.807) is 0 Å². The molecule has 0 bridgehead atoms. The molecule has 3 N–H and O–H groups in total. The lowest BCUT2D eigenvalue weighted by molar-refractivity contribution is -0.161. The van der Waals surface area contributed by atoms with Crippen molar-refractivity contribution in [2.75, 3.05) is 39.6 Å². The molecule has 0 amide bonds. The third kappa shape index (κ3) is 72.6. The number of carbonyl (C=O) groups excluding carboxylic acids is 4. The van der Waals surface area contributed by atoms with Gasteiger partial charge in [-0.3, -0.25) is 37.3 Å². The van der Waals surface area contributed by atoms with Gasteiger partial charge >= 0.3 is 39.5 Å². The third-order valence-electron chi connectivity index (χ3n) is 16.8. The Kier molecular flexibility index (Phi) is 70.8. The van der Waals surface area contributed by atoms with E-state index in [9.17, 15) is 43.2 Å². The fraction of sp³-hybridized carbons (Fsp3) is 0.778. The molecule has 0 aliphatic heterocycles. The molecule has 0 spiro atoms. The molecule has 0 rings (SSSR count). The number of aliphatic hydroxyl groups excluding tert-OH is 1. The third-order valence-corrected chi connectivity index (χ3v) is 18.7. The van der Waals surface area contributed by atoms with Crippen LogP contribution in [0.3, 0.4) is 0 Å². The second-order valence-corrected chi connectivity index (χ2v) is 29.6. The van der Waals surface area contributed by atoms with Crippen LogP contribution >= 0.6 is 15.6 Å². The fourth-order valence-electron chi connectivity index (χ4n) is 10.7. The minimum Gasteiger partial charge on any atom is -0.462 e. The van der Waals surface area contributed by atoms with Crippen molar-refractivity contribution >= 4 is 39.5 Å². The molecule has 2 unspecified atom stereocenters. The van der Waals surface area contributed by atoms with E-state index in [1.165, 1.54) is 135 Å². The summed E-state index contributed by atoms with van der Waals surface area (Å²) in [5, 5.41) is 10.6. The number of aliphatic hydroxyl groups is 1. The Morgan fingerprint density at radius 1 is 0.280 bits per heavy atom. The molecule has 0 heterocycles. The summed E-state index contributed by atoms with van der Waals surface area (Å²) in [6.07, 6.45) is 75.7. The van der Waals surface area contributed by atoms with Crippen LogP contribution in [0.15, 0.2) is 85.1 Å². The Bertz CT molecular complexity index is 2230. The largest absolute Gasteiger partial charge is 0.472 e. The second kappa shape index (κ2) is 73.5. The molecule has 0 saturated carbocycles. The number of hydrogen-bond acceptors (Lipinski definition) is 15. The highest BCUT2D eigenvalue weighted by Crippen LogP contribution is 2.45. The smallest absolute Gasteiger partial charge is 0.462 e. The summed E-state index contributed by atoms with van der Waals surface area (Å²) in [7, 11) is -9.97. The van der Waals surface area contributed by atoms with Crippen LogP contribution in [-0.4, -0.2) is 96.7 Å². The topological polar surface area (TPSA) is 237 Å². The summed E-state index contributed by atoms with van der Waals surface area (Å²) >= 11 is 0. The van der Waals surface area contributed by atoms with Gasteiger partial charge in [0.1, 0.15) is 19.3 Å². The minimum atomic E-state index is -4.99. The van der Waals surface area contributed by atoms with E-state index < -0.39 is 97.5 Å². The number of carbonyl (C=O) groups is 4. The highest BCUT2D eigenvalue weighted by molar-refractivity contribution is 7.47. The fourth-order valence-corrected chi connectivity index (χ4v) is 12.3. The van der Waals surface area contributed by atoms with Gasteiger partial charge in [-0.1, -0.05) is 286 Å². The maximum Gasteiger partial charge on any atom is 0.472 e. The van der Waals surface area contributed by atoms with E-state index in [1.807, 2.05) is 12.2 Å². The number of phosphoric acid groups is 2. The molecular formula is C81H144O17P2. The summed E-state index contributed by atoms with van der Waals surface area (Å²) in [6, 6.07) is 0. The molecule has 17 nitrogen and oxygen atoms in total. The number of rotatable bonds is 75. The monoisotopic (exact) mass is 1450 g/mol. The van der Waals surface area contributed by atoms with Crippen LogP contribution in [0.25, 0.3) is 0 Å².